The van der Waals surface area contributed by atoms with Crippen molar-refractivity contribution < 1.29 is 4.79 Å². The summed E-state index contributed by atoms with van der Waals surface area (Å²) in [4.78, 5) is 12.4. The third-order valence-corrected chi connectivity index (χ3v) is 4.45. The normalized spacial score (nSPS) is 24.0. The van der Waals surface area contributed by atoms with Crippen LogP contribution < -0.4 is 10.6 Å². The molecular formula is C12H21ClN6O. The zero-order valence-electron chi connectivity index (χ0n) is 11.8. The number of halogens is 1. The number of H-pyrrole nitrogens is 1. The minimum atomic E-state index is -0.583. The molecule has 3 N–H and O–H groups in total. The van der Waals surface area contributed by atoms with E-state index in [1.165, 1.54) is 0 Å². The SMILES string of the molecule is CC(C)(NC(=O)C1CC12CCNCC2)c1nn[nH]n1.Cl. The third-order valence-electron chi connectivity index (χ3n) is 4.45. The van der Waals surface area contributed by atoms with Crippen LogP contribution in [0.15, 0.2) is 0 Å². The van der Waals surface area contributed by atoms with Gasteiger partial charge in [-0.3, -0.25) is 4.79 Å². The van der Waals surface area contributed by atoms with E-state index in [0.29, 0.717) is 5.82 Å². The first-order valence-corrected chi connectivity index (χ1v) is 6.80. The quantitative estimate of drug-likeness (QED) is 0.749. The maximum atomic E-state index is 12.4. The molecular weight excluding hydrogens is 280 g/mol. The van der Waals surface area contributed by atoms with E-state index in [0.717, 1.165) is 32.4 Å². The molecule has 1 amide bonds. The van der Waals surface area contributed by atoms with Gasteiger partial charge in [0.15, 0.2) is 5.82 Å². The van der Waals surface area contributed by atoms with Crippen molar-refractivity contribution in [1.29, 1.82) is 0 Å². The van der Waals surface area contributed by atoms with Crippen LogP contribution in [0.1, 0.15) is 38.9 Å². The van der Waals surface area contributed by atoms with Gasteiger partial charge in [-0.1, -0.05) is 5.21 Å². The van der Waals surface area contributed by atoms with Crippen molar-refractivity contribution in [2.24, 2.45) is 11.3 Å². The molecule has 0 radical (unpaired) electrons. The lowest BCUT2D eigenvalue weighted by atomic mass is 9.91. The molecule has 112 valence electrons. The number of nitrogens with one attached hydrogen (secondary N) is 3. The number of carbonyl (C=O) groups is 1. The molecule has 2 heterocycles. The van der Waals surface area contributed by atoms with Gasteiger partial charge in [-0.05, 0) is 51.6 Å². The summed E-state index contributed by atoms with van der Waals surface area (Å²) in [6.45, 7) is 5.84. The van der Waals surface area contributed by atoms with Crippen molar-refractivity contribution >= 4 is 18.3 Å². The van der Waals surface area contributed by atoms with Gasteiger partial charge in [0.1, 0.15) is 0 Å². The van der Waals surface area contributed by atoms with Crippen LogP contribution in [0.5, 0.6) is 0 Å². The molecule has 1 atom stereocenters. The molecule has 0 aromatic carbocycles. The second kappa shape index (κ2) is 5.29. The molecule has 7 nitrogen and oxygen atoms in total. The fourth-order valence-corrected chi connectivity index (χ4v) is 3.07. The monoisotopic (exact) mass is 300 g/mol. The average Bonchev–Trinajstić information content (AvgIpc) is 2.84. The van der Waals surface area contributed by atoms with Gasteiger partial charge in [-0.15, -0.1) is 22.6 Å². The number of hydrogen-bond acceptors (Lipinski definition) is 5. The highest BCUT2D eigenvalue weighted by molar-refractivity contribution is 5.85. The number of hydrogen-bond donors (Lipinski definition) is 3. The summed E-state index contributed by atoms with van der Waals surface area (Å²) >= 11 is 0. The minimum Gasteiger partial charge on any atom is -0.344 e. The van der Waals surface area contributed by atoms with Gasteiger partial charge in [0.2, 0.25) is 5.91 Å². The zero-order chi connectivity index (χ0) is 13.5. The molecule has 0 bridgehead atoms. The summed E-state index contributed by atoms with van der Waals surface area (Å²) < 4.78 is 0. The molecule has 1 spiro atoms. The van der Waals surface area contributed by atoms with Crippen molar-refractivity contribution in [2.45, 2.75) is 38.6 Å². The summed E-state index contributed by atoms with van der Waals surface area (Å²) in [5.74, 6) is 0.790. The van der Waals surface area contributed by atoms with E-state index in [9.17, 15) is 4.79 Å². The maximum Gasteiger partial charge on any atom is 0.224 e. The van der Waals surface area contributed by atoms with Crippen molar-refractivity contribution in [3.8, 4) is 0 Å². The summed E-state index contributed by atoms with van der Waals surface area (Å²) in [5, 5.41) is 20.3. The maximum absolute atomic E-state index is 12.4. The Balaban J connectivity index is 0.00000147. The Kier molecular flexibility index (Phi) is 4.02. The number of carbonyl (C=O) groups excluding carboxylic acids is 1. The van der Waals surface area contributed by atoms with Crippen molar-refractivity contribution in [3.05, 3.63) is 5.82 Å². The Bertz CT molecular complexity index is 468. The largest absolute Gasteiger partial charge is 0.344 e. The van der Waals surface area contributed by atoms with Crippen LogP contribution in [0.3, 0.4) is 0 Å². The van der Waals surface area contributed by atoms with E-state index in [1.807, 2.05) is 13.8 Å². The Morgan fingerprint density at radius 1 is 1.40 bits per heavy atom. The van der Waals surface area contributed by atoms with Gasteiger partial charge in [0.05, 0.1) is 5.54 Å². The van der Waals surface area contributed by atoms with Crippen LogP contribution >= 0.6 is 12.4 Å². The molecule has 2 fully saturated rings. The zero-order valence-corrected chi connectivity index (χ0v) is 12.6. The Hall–Kier alpha value is -1.21. The lowest BCUT2D eigenvalue weighted by Crippen LogP contribution is -2.44. The lowest BCUT2D eigenvalue weighted by molar-refractivity contribution is -0.125. The molecule has 1 unspecified atom stereocenters. The molecule has 8 heteroatoms. The Morgan fingerprint density at radius 3 is 2.70 bits per heavy atom. The van der Waals surface area contributed by atoms with Crippen molar-refractivity contribution in [1.82, 2.24) is 31.3 Å². The summed E-state index contributed by atoms with van der Waals surface area (Å²) in [7, 11) is 0. The van der Waals surface area contributed by atoms with E-state index in [2.05, 4.69) is 31.3 Å². The molecule has 1 aliphatic heterocycles. The number of nitrogens with zero attached hydrogens (tertiary/aromatic N) is 3. The van der Waals surface area contributed by atoms with E-state index in [-0.39, 0.29) is 29.6 Å². The number of aromatic amines is 1. The minimum absolute atomic E-state index is 0. The molecule has 2 aliphatic rings. The summed E-state index contributed by atoms with van der Waals surface area (Å²) in [5.41, 5.74) is -0.330. The highest BCUT2D eigenvalue weighted by Gasteiger charge is 2.58. The molecule has 1 aromatic rings. The van der Waals surface area contributed by atoms with E-state index >= 15 is 0 Å². The van der Waals surface area contributed by atoms with Crippen molar-refractivity contribution in [3.63, 3.8) is 0 Å². The molecule has 20 heavy (non-hydrogen) atoms. The molecule has 3 rings (SSSR count). The van der Waals surface area contributed by atoms with Gasteiger partial charge in [0, 0.05) is 5.92 Å². The van der Waals surface area contributed by atoms with E-state index in [1.54, 1.807) is 0 Å². The van der Waals surface area contributed by atoms with Gasteiger partial charge in [-0.25, -0.2) is 0 Å². The van der Waals surface area contributed by atoms with Gasteiger partial charge >= 0.3 is 0 Å². The van der Waals surface area contributed by atoms with Crippen LogP contribution in [-0.4, -0.2) is 39.6 Å². The second-order valence-corrected chi connectivity index (χ2v) is 6.22. The number of amides is 1. The second-order valence-electron chi connectivity index (χ2n) is 6.22. The number of piperidine rings is 1. The van der Waals surface area contributed by atoms with Crippen LogP contribution in [0.25, 0.3) is 0 Å². The average molecular weight is 301 g/mol. The van der Waals surface area contributed by atoms with Crippen LogP contribution in [-0.2, 0) is 10.3 Å². The van der Waals surface area contributed by atoms with Crippen LogP contribution in [0.2, 0.25) is 0 Å². The summed E-state index contributed by atoms with van der Waals surface area (Å²) in [6.07, 6.45) is 3.23. The molecule has 1 aromatic heterocycles. The summed E-state index contributed by atoms with van der Waals surface area (Å²) in [6, 6.07) is 0. The van der Waals surface area contributed by atoms with Gasteiger partial charge < -0.3 is 10.6 Å². The Morgan fingerprint density at radius 2 is 2.10 bits per heavy atom. The number of tetrazole rings is 1. The molecule has 1 saturated heterocycles. The van der Waals surface area contributed by atoms with E-state index < -0.39 is 5.54 Å². The fourth-order valence-electron chi connectivity index (χ4n) is 3.07. The fraction of sp³-hybridized carbons (Fsp3) is 0.833. The first-order chi connectivity index (χ1) is 9.04. The van der Waals surface area contributed by atoms with Crippen molar-refractivity contribution in [2.75, 3.05) is 13.1 Å². The molecule has 1 saturated carbocycles. The predicted octanol–water partition coefficient (Wildman–Crippen LogP) is 0.362. The van der Waals surface area contributed by atoms with Crippen LogP contribution in [0, 0.1) is 11.3 Å². The predicted molar refractivity (Wildman–Crippen MR) is 75.2 cm³/mol. The highest BCUT2D eigenvalue weighted by Crippen LogP contribution is 2.58. The van der Waals surface area contributed by atoms with E-state index in [4.69, 9.17) is 0 Å². The standard InChI is InChI=1S/C12H20N6O.ClH/c1-11(2,10-15-17-18-16-10)14-9(19)8-7-12(8)3-5-13-6-4-12;/h8,13H,3-7H2,1-2H3,(H,14,19)(H,15,16,17,18);1H. The van der Waals surface area contributed by atoms with Crippen LogP contribution in [0.4, 0.5) is 0 Å². The molecule has 1 aliphatic carbocycles. The Labute approximate surface area is 124 Å². The van der Waals surface area contributed by atoms with Gasteiger partial charge in [-0.2, -0.15) is 5.21 Å². The third kappa shape index (κ3) is 2.64. The first-order valence-electron chi connectivity index (χ1n) is 6.80. The van der Waals surface area contributed by atoms with Gasteiger partial charge in [0.25, 0.3) is 0 Å². The lowest BCUT2D eigenvalue weighted by Gasteiger charge is -2.26. The topological polar surface area (TPSA) is 95.6 Å². The number of rotatable bonds is 3. The highest BCUT2D eigenvalue weighted by atomic mass is 35.5. The number of aromatic nitrogens is 4. The smallest absolute Gasteiger partial charge is 0.224 e. The first kappa shape index (κ1) is 15.2.